The first-order chi connectivity index (χ1) is 9.75. The summed E-state index contributed by atoms with van der Waals surface area (Å²) in [6.45, 7) is 4.72. The van der Waals surface area contributed by atoms with Crippen LogP contribution in [0, 0.1) is 12.8 Å². The van der Waals surface area contributed by atoms with Gasteiger partial charge in [-0.05, 0) is 49.9 Å². The van der Waals surface area contributed by atoms with Crippen molar-refractivity contribution in [2.24, 2.45) is 5.92 Å². The molecule has 0 unspecified atom stereocenters. The predicted octanol–water partition coefficient (Wildman–Crippen LogP) is 2.83. The van der Waals surface area contributed by atoms with Gasteiger partial charge < -0.3 is 10.6 Å². The molecule has 1 aliphatic rings. The molecule has 2 N–H and O–H groups in total. The fraction of sp³-hybridized carbons (Fsp3) is 0.438. The summed E-state index contributed by atoms with van der Waals surface area (Å²) in [6.07, 6.45) is 1.91. The van der Waals surface area contributed by atoms with Crippen LogP contribution in [0.3, 0.4) is 0 Å². The van der Waals surface area contributed by atoms with E-state index in [1.807, 2.05) is 0 Å². The van der Waals surface area contributed by atoms with Crippen molar-refractivity contribution in [3.05, 3.63) is 34.7 Å². The maximum atomic E-state index is 12.2. The number of nitrogens with one attached hydrogen (secondary N) is 2. The quantitative estimate of drug-likeness (QED) is 0.912. The first-order valence-corrected chi connectivity index (χ1v) is 8.03. The molecule has 106 valence electrons. The van der Waals surface area contributed by atoms with Crippen LogP contribution in [-0.4, -0.2) is 19.0 Å². The molecule has 0 saturated carbocycles. The number of fused-ring (bicyclic) bond motifs is 1. The molecule has 0 radical (unpaired) electrons. The Morgan fingerprint density at radius 1 is 1.35 bits per heavy atom. The van der Waals surface area contributed by atoms with Gasteiger partial charge in [0.25, 0.3) is 0 Å². The van der Waals surface area contributed by atoms with Gasteiger partial charge in [-0.15, -0.1) is 11.3 Å². The van der Waals surface area contributed by atoms with Crippen molar-refractivity contribution >= 4 is 27.3 Å². The molecule has 0 atom stereocenters. The minimum absolute atomic E-state index is 0.186. The van der Waals surface area contributed by atoms with E-state index in [4.69, 9.17) is 0 Å². The maximum Gasteiger partial charge on any atom is 0.223 e. The van der Waals surface area contributed by atoms with Crippen molar-refractivity contribution in [2.75, 3.05) is 13.1 Å². The second kappa shape index (κ2) is 5.94. The van der Waals surface area contributed by atoms with Gasteiger partial charge in [0.1, 0.15) is 0 Å². The van der Waals surface area contributed by atoms with Crippen LogP contribution in [-0.2, 0) is 11.3 Å². The molecule has 1 amide bonds. The number of amides is 1. The van der Waals surface area contributed by atoms with Crippen molar-refractivity contribution in [2.45, 2.75) is 26.3 Å². The minimum Gasteiger partial charge on any atom is -0.351 e. The SMILES string of the molecule is Cc1c(CNC(=O)C2CCNCC2)sc2ccccc12. The predicted molar refractivity (Wildman–Crippen MR) is 84.0 cm³/mol. The number of hydrogen-bond acceptors (Lipinski definition) is 3. The van der Waals surface area contributed by atoms with E-state index in [-0.39, 0.29) is 11.8 Å². The first-order valence-electron chi connectivity index (χ1n) is 7.21. The van der Waals surface area contributed by atoms with Crippen LogP contribution >= 0.6 is 11.3 Å². The highest BCUT2D eigenvalue weighted by Gasteiger charge is 2.20. The Labute approximate surface area is 123 Å². The summed E-state index contributed by atoms with van der Waals surface area (Å²) >= 11 is 1.79. The fourth-order valence-corrected chi connectivity index (χ4v) is 3.94. The van der Waals surface area contributed by atoms with Crippen LogP contribution in [0.4, 0.5) is 0 Å². The van der Waals surface area contributed by atoms with Crippen LogP contribution in [0.2, 0.25) is 0 Å². The molecule has 0 spiro atoms. The third-order valence-electron chi connectivity index (χ3n) is 4.08. The molecule has 1 saturated heterocycles. The van der Waals surface area contributed by atoms with Crippen LogP contribution in [0.5, 0.6) is 0 Å². The lowest BCUT2D eigenvalue weighted by Gasteiger charge is -2.21. The standard InChI is InChI=1S/C16H20N2OS/c1-11-13-4-2-3-5-14(13)20-15(11)10-18-16(19)12-6-8-17-9-7-12/h2-5,12,17H,6-10H2,1H3,(H,18,19). The van der Waals surface area contributed by atoms with E-state index in [2.05, 4.69) is 41.8 Å². The lowest BCUT2D eigenvalue weighted by Crippen LogP contribution is -2.37. The Hall–Kier alpha value is -1.39. The van der Waals surface area contributed by atoms with E-state index < -0.39 is 0 Å². The van der Waals surface area contributed by atoms with Gasteiger partial charge in [0.05, 0.1) is 6.54 Å². The lowest BCUT2D eigenvalue weighted by atomic mass is 9.97. The van der Waals surface area contributed by atoms with E-state index in [0.29, 0.717) is 6.54 Å². The van der Waals surface area contributed by atoms with Crippen LogP contribution in [0.25, 0.3) is 10.1 Å². The van der Waals surface area contributed by atoms with Gasteiger partial charge in [0.2, 0.25) is 5.91 Å². The summed E-state index contributed by atoms with van der Waals surface area (Å²) < 4.78 is 1.30. The molecule has 2 heterocycles. The molecule has 1 aliphatic heterocycles. The van der Waals surface area contributed by atoms with E-state index in [0.717, 1.165) is 25.9 Å². The van der Waals surface area contributed by atoms with E-state index in [1.54, 1.807) is 11.3 Å². The molecule has 1 aromatic carbocycles. The highest BCUT2D eigenvalue weighted by Crippen LogP contribution is 2.30. The van der Waals surface area contributed by atoms with Gasteiger partial charge >= 0.3 is 0 Å². The monoisotopic (exact) mass is 288 g/mol. The number of benzene rings is 1. The minimum atomic E-state index is 0.186. The Bertz CT molecular complexity index is 614. The molecular weight excluding hydrogens is 268 g/mol. The van der Waals surface area contributed by atoms with Crippen molar-refractivity contribution in [1.29, 1.82) is 0 Å². The fourth-order valence-electron chi connectivity index (χ4n) is 2.79. The second-order valence-electron chi connectivity index (χ2n) is 5.39. The average molecular weight is 288 g/mol. The molecule has 2 aromatic rings. The first kappa shape index (κ1) is 13.6. The third-order valence-corrected chi connectivity index (χ3v) is 5.35. The Morgan fingerprint density at radius 2 is 2.10 bits per heavy atom. The zero-order valence-electron chi connectivity index (χ0n) is 11.7. The zero-order chi connectivity index (χ0) is 13.9. The van der Waals surface area contributed by atoms with Gasteiger partial charge in [-0.25, -0.2) is 0 Å². The second-order valence-corrected chi connectivity index (χ2v) is 6.53. The summed E-state index contributed by atoms with van der Waals surface area (Å²) in [6, 6.07) is 8.43. The van der Waals surface area contributed by atoms with Crippen molar-refractivity contribution in [3.63, 3.8) is 0 Å². The van der Waals surface area contributed by atoms with Gasteiger partial charge in [0.15, 0.2) is 0 Å². The zero-order valence-corrected chi connectivity index (χ0v) is 12.6. The average Bonchev–Trinajstić information content (AvgIpc) is 2.83. The number of piperidine rings is 1. The molecule has 3 nitrogen and oxygen atoms in total. The summed E-state index contributed by atoms with van der Waals surface area (Å²) in [5.41, 5.74) is 1.30. The molecule has 4 heteroatoms. The van der Waals surface area contributed by atoms with E-state index >= 15 is 0 Å². The normalized spacial score (nSPS) is 16.4. The number of thiophene rings is 1. The highest BCUT2D eigenvalue weighted by molar-refractivity contribution is 7.19. The van der Waals surface area contributed by atoms with Crippen molar-refractivity contribution in [1.82, 2.24) is 10.6 Å². The number of aryl methyl sites for hydroxylation is 1. The molecule has 20 heavy (non-hydrogen) atoms. The van der Waals surface area contributed by atoms with Gasteiger partial charge in [-0.1, -0.05) is 18.2 Å². The van der Waals surface area contributed by atoms with E-state index in [1.165, 1.54) is 20.5 Å². The summed E-state index contributed by atoms with van der Waals surface area (Å²) in [4.78, 5) is 13.4. The smallest absolute Gasteiger partial charge is 0.223 e. The lowest BCUT2D eigenvalue weighted by molar-refractivity contribution is -0.125. The van der Waals surface area contributed by atoms with Crippen LogP contribution in [0.1, 0.15) is 23.3 Å². The van der Waals surface area contributed by atoms with Gasteiger partial charge in [0, 0.05) is 15.5 Å². The largest absolute Gasteiger partial charge is 0.351 e. The molecular formula is C16H20N2OS. The number of rotatable bonds is 3. The van der Waals surface area contributed by atoms with Crippen molar-refractivity contribution < 1.29 is 4.79 Å². The number of hydrogen-bond donors (Lipinski definition) is 2. The topological polar surface area (TPSA) is 41.1 Å². The Morgan fingerprint density at radius 3 is 2.85 bits per heavy atom. The molecule has 0 bridgehead atoms. The number of carbonyl (C=O) groups is 1. The summed E-state index contributed by atoms with van der Waals surface area (Å²) in [5.74, 6) is 0.397. The van der Waals surface area contributed by atoms with Crippen LogP contribution < -0.4 is 10.6 Å². The summed E-state index contributed by atoms with van der Waals surface area (Å²) in [5, 5.41) is 7.72. The Balaban J connectivity index is 1.67. The number of carbonyl (C=O) groups excluding carboxylic acids is 1. The third kappa shape index (κ3) is 2.72. The van der Waals surface area contributed by atoms with Crippen LogP contribution in [0.15, 0.2) is 24.3 Å². The van der Waals surface area contributed by atoms with E-state index in [9.17, 15) is 4.79 Å². The summed E-state index contributed by atoms with van der Waals surface area (Å²) in [7, 11) is 0. The molecule has 1 aromatic heterocycles. The van der Waals surface area contributed by atoms with Gasteiger partial charge in [-0.3, -0.25) is 4.79 Å². The highest BCUT2D eigenvalue weighted by atomic mass is 32.1. The molecule has 0 aliphatic carbocycles. The maximum absolute atomic E-state index is 12.2. The molecule has 3 rings (SSSR count). The van der Waals surface area contributed by atoms with Crippen molar-refractivity contribution in [3.8, 4) is 0 Å². The van der Waals surface area contributed by atoms with Gasteiger partial charge in [-0.2, -0.15) is 0 Å². The molecule has 1 fully saturated rings. The Kier molecular flexibility index (Phi) is 4.03.